The van der Waals surface area contributed by atoms with Gasteiger partial charge in [0.25, 0.3) is 0 Å². The average Bonchev–Trinajstić information content (AvgIpc) is 2.47. The summed E-state index contributed by atoms with van der Waals surface area (Å²) in [5.74, 6) is 0.532. The SMILES string of the molecule is CS(=O)(=O)Oc1ccc2oc(-c3ccccc3)cc(=O)c2c1. The Labute approximate surface area is 126 Å². The fraction of sp³-hybridized carbons (Fsp3) is 0.0625. The molecular formula is C16H12O5S. The lowest BCUT2D eigenvalue weighted by molar-refractivity contribution is 0.493. The molecule has 1 aromatic heterocycles. The van der Waals surface area contributed by atoms with Crippen LogP contribution in [0.15, 0.2) is 63.8 Å². The first kappa shape index (κ1) is 14.3. The third kappa shape index (κ3) is 3.01. The van der Waals surface area contributed by atoms with Crippen LogP contribution in [0.3, 0.4) is 0 Å². The molecule has 0 bridgehead atoms. The van der Waals surface area contributed by atoms with Gasteiger partial charge in [-0.25, -0.2) is 0 Å². The van der Waals surface area contributed by atoms with E-state index in [-0.39, 0.29) is 16.6 Å². The topological polar surface area (TPSA) is 73.6 Å². The van der Waals surface area contributed by atoms with E-state index >= 15 is 0 Å². The van der Waals surface area contributed by atoms with Gasteiger partial charge in [0.1, 0.15) is 17.1 Å². The molecule has 0 aliphatic heterocycles. The van der Waals surface area contributed by atoms with Crippen molar-refractivity contribution in [2.75, 3.05) is 6.26 Å². The number of benzene rings is 2. The van der Waals surface area contributed by atoms with Crippen molar-refractivity contribution in [2.45, 2.75) is 0 Å². The molecule has 3 aromatic rings. The maximum atomic E-state index is 12.2. The first-order valence-corrected chi connectivity index (χ1v) is 8.27. The van der Waals surface area contributed by atoms with Gasteiger partial charge in [-0.3, -0.25) is 4.79 Å². The third-order valence-electron chi connectivity index (χ3n) is 3.00. The van der Waals surface area contributed by atoms with Crippen molar-refractivity contribution in [1.29, 1.82) is 0 Å². The van der Waals surface area contributed by atoms with E-state index in [2.05, 4.69) is 0 Å². The molecule has 0 spiro atoms. The molecule has 0 aliphatic rings. The van der Waals surface area contributed by atoms with Gasteiger partial charge in [0.05, 0.1) is 11.6 Å². The molecule has 3 rings (SSSR count). The van der Waals surface area contributed by atoms with Crippen molar-refractivity contribution in [3.63, 3.8) is 0 Å². The molecule has 1 heterocycles. The van der Waals surface area contributed by atoms with Crippen molar-refractivity contribution in [3.8, 4) is 17.1 Å². The Morgan fingerprint density at radius 2 is 1.73 bits per heavy atom. The fourth-order valence-corrected chi connectivity index (χ4v) is 2.56. The van der Waals surface area contributed by atoms with Crippen molar-refractivity contribution in [2.24, 2.45) is 0 Å². The highest BCUT2D eigenvalue weighted by atomic mass is 32.2. The Kier molecular flexibility index (Phi) is 3.46. The van der Waals surface area contributed by atoms with Crippen LogP contribution in [-0.4, -0.2) is 14.7 Å². The summed E-state index contributed by atoms with van der Waals surface area (Å²) < 4.78 is 32.8. The molecule has 0 saturated carbocycles. The quantitative estimate of drug-likeness (QED) is 0.695. The predicted molar refractivity (Wildman–Crippen MR) is 83.4 cm³/mol. The summed E-state index contributed by atoms with van der Waals surface area (Å²) in [5, 5.41) is 0.265. The van der Waals surface area contributed by atoms with Crippen LogP contribution in [0.1, 0.15) is 0 Å². The molecule has 0 saturated heterocycles. The van der Waals surface area contributed by atoms with Gasteiger partial charge in [0.2, 0.25) is 0 Å². The largest absolute Gasteiger partial charge is 0.456 e. The van der Waals surface area contributed by atoms with Gasteiger partial charge in [-0.2, -0.15) is 8.42 Å². The van der Waals surface area contributed by atoms with E-state index in [4.69, 9.17) is 8.60 Å². The molecule has 0 atom stereocenters. The maximum Gasteiger partial charge on any atom is 0.306 e. The van der Waals surface area contributed by atoms with Gasteiger partial charge in [-0.1, -0.05) is 30.3 Å². The van der Waals surface area contributed by atoms with E-state index in [1.165, 1.54) is 24.3 Å². The molecule has 5 nitrogen and oxygen atoms in total. The number of hydrogen-bond donors (Lipinski definition) is 0. The monoisotopic (exact) mass is 316 g/mol. The van der Waals surface area contributed by atoms with Crippen LogP contribution in [0, 0.1) is 0 Å². The third-order valence-corrected chi connectivity index (χ3v) is 3.50. The molecule has 0 fully saturated rings. The van der Waals surface area contributed by atoms with Crippen LogP contribution in [0.5, 0.6) is 5.75 Å². The lowest BCUT2D eigenvalue weighted by Crippen LogP contribution is -2.06. The molecule has 0 N–H and O–H groups in total. The first-order valence-electron chi connectivity index (χ1n) is 6.45. The molecule has 6 heteroatoms. The van der Waals surface area contributed by atoms with E-state index in [9.17, 15) is 13.2 Å². The van der Waals surface area contributed by atoms with Crippen LogP contribution in [0.2, 0.25) is 0 Å². The lowest BCUT2D eigenvalue weighted by atomic mass is 10.1. The highest BCUT2D eigenvalue weighted by Gasteiger charge is 2.10. The standard InChI is InChI=1S/C16H12O5S/c1-22(18,19)21-12-7-8-15-13(9-12)14(17)10-16(20-15)11-5-3-2-4-6-11/h2-10H,1H3. The van der Waals surface area contributed by atoms with Crippen LogP contribution in [-0.2, 0) is 10.1 Å². The number of rotatable bonds is 3. The second-order valence-electron chi connectivity index (χ2n) is 4.79. The van der Waals surface area contributed by atoms with Crippen LogP contribution < -0.4 is 9.61 Å². The molecule has 112 valence electrons. The van der Waals surface area contributed by atoms with Crippen LogP contribution in [0.4, 0.5) is 0 Å². The maximum absolute atomic E-state index is 12.2. The Morgan fingerprint density at radius 3 is 2.41 bits per heavy atom. The molecule has 0 radical (unpaired) electrons. The fourth-order valence-electron chi connectivity index (χ4n) is 2.11. The predicted octanol–water partition coefficient (Wildman–Crippen LogP) is 2.80. The summed E-state index contributed by atoms with van der Waals surface area (Å²) in [6, 6.07) is 14.9. The van der Waals surface area contributed by atoms with Gasteiger partial charge in [-0.05, 0) is 18.2 Å². The van der Waals surface area contributed by atoms with Crippen LogP contribution in [0.25, 0.3) is 22.3 Å². The minimum absolute atomic E-state index is 0.0785. The zero-order valence-electron chi connectivity index (χ0n) is 11.6. The summed E-state index contributed by atoms with van der Waals surface area (Å²) in [4.78, 5) is 12.2. The average molecular weight is 316 g/mol. The summed E-state index contributed by atoms with van der Waals surface area (Å²) in [5.41, 5.74) is 0.893. The van der Waals surface area contributed by atoms with Gasteiger partial charge < -0.3 is 8.60 Å². The van der Waals surface area contributed by atoms with E-state index in [1.807, 2.05) is 30.3 Å². The molecule has 2 aromatic carbocycles. The molecule has 0 aliphatic carbocycles. The van der Waals surface area contributed by atoms with E-state index in [0.29, 0.717) is 11.3 Å². The molecule has 0 amide bonds. The molecule has 22 heavy (non-hydrogen) atoms. The summed E-state index contributed by atoms with van der Waals surface area (Å²) in [7, 11) is -3.64. The summed E-state index contributed by atoms with van der Waals surface area (Å²) in [6.45, 7) is 0. The summed E-state index contributed by atoms with van der Waals surface area (Å²) >= 11 is 0. The van der Waals surface area contributed by atoms with Crippen molar-refractivity contribution in [3.05, 3.63) is 64.8 Å². The smallest absolute Gasteiger partial charge is 0.306 e. The van der Waals surface area contributed by atoms with Crippen molar-refractivity contribution in [1.82, 2.24) is 0 Å². The highest BCUT2D eigenvalue weighted by Crippen LogP contribution is 2.24. The molecule has 0 unspecified atom stereocenters. The second kappa shape index (κ2) is 5.31. The van der Waals surface area contributed by atoms with Gasteiger partial charge >= 0.3 is 10.1 Å². The van der Waals surface area contributed by atoms with E-state index in [1.54, 1.807) is 0 Å². The van der Waals surface area contributed by atoms with Gasteiger partial charge in [0, 0.05) is 11.6 Å². The van der Waals surface area contributed by atoms with Gasteiger partial charge in [-0.15, -0.1) is 0 Å². The first-order chi connectivity index (χ1) is 10.4. The lowest BCUT2D eigenvalue weighted by Gasteiger charge is -2.05. The normalized spacial score (nSPS) is 11.5. The Morgan fingerprint density at radius 1 is 1.00 bits per heavy atom. The Bertz CT molecular complexity index is 988. The summed E-state index contributed by atoms with van der Waals surface area (Å²) in [6.07, 6.45) is 0.943. The van der Waals surface area contributed by atoms with Gasteiger partial charge in [0.15, 0.2) is 5.43 Å². The highest BCUT2D eigenvalue weighted by molar-refractivity contribution is 7.86. The van der Waals surface area contributed by atoms with Crippen LogP contribution >= 0.6 is 0 Å². The number of fused-ring (bicyclic) bond motifs is 1. The second-order valence-corrected chi connectivity index (χ2v) is 6.36. The van der Waals surface area contributed by atoms with E-state index in [0.717, 1.165) is 11.8 Å². The Balaban J connectivity index is 2.13. The number of hydrogen-bond acceptors (Lipinski definition) is 5. The van der Waals surface area contributed by atoms with Crippen molar-refractivity contribution >= 4 is 21.1 Å². The zero-order chi connectivity index (χ0) is 15.7. The molecular weight excluding hydrogens is 304 g/mol. The minimum Gasteiger partial charge on any atom is -0.456 e. The Hall–Kier alpha value is -2.60. The van der Waals surface area contributed by atoms with Crippen molar-refractivity contribution < 1.29 is 17.0 Å². The van der Waals surface area contributed by atoms with E-state index < -0.39 is 10.1 Å². The zero-order valence-corrected chi connectivity index (χ0v) is 12.5. The minimum atomic E-state index is -3.64.